The van der Waals surface area contributed by atoms with E-state index in [0.29, 0.717) is 12.0 Å². The van der Waals surface area contributed by atoms with E-state index in [2.05, 4.69) is 10.1 Å². The molecule has 0 aliphatic rings. The minimum atomic E-state index is -0.232. The van der Waals surface area contributed by atoms with E-state index in [1.807, 2.05) is 30.3 Å². The van der Waals surface area contributed by atoms with Gasteiger partial charge in [0.05, 0.1) is 17.4 Å². The third-order valence-electron chi connectivity index (χ3n) is 4.25. The van der Waals surface area contributed by atoms with Crippen LogP contribution < -0.4 is 0 Å². The molecule has 0 bridgehead atoms. The predicted molar refractivity (Wildman–Crippen MR) is 95.2 cm³/mol. The highest BCUT2D eigenvalue weighted by molar-refractivity contribution is 5.90. The van der Waals surface area contributed by atoms with Gasteiger partial charge >= 0.3 is 0 Å². The number of hydrogen-bond acceptors (Lipinski definition) is 3. The fourth-order valence-corrected chi connectivity index (χ4v) is 2.96. The van der Waals surface area contributed by atoms with Gasteiger partial charge in [0.1, 0.15) is 5.82 Å². The largest absolute Gasteiger partial charge is 0.276 e. The Morgan fingerprint density at radius 3 is 2.72 bits per heavy atom. The topological polar surface area (TPSA) is 47.8 Å². The van der Waals surface area contributed by atoms with Crippen LogP contribution in [0.15, 0.2) is 60.9 Å². The lowest BCUT2D eigenvalue weighted by molar-refractivity contribution is 0.542. The number of fused-ring (bicyclic) bond motifs is 1. The Bertz CT molecular complexity index is 1100. The van der Waals surface area contributed by atoms with Crippen LogP contribution in [0.1, 0.15) is 5.56 Å². The maximum atomic E-state index is 13.6. The van der Waals surface area contributed by atoms with E-state index >= 15 is 0 Å². The fraction of sp³-hybridized carbons (Fsp3) is 0.0500. The fourth-order valence-electron chi connectivity index (χ4n) is 2.96. The molecule has 0 saturated heterocycles. The van der Waals surface area contributed by atoms with Crippen molar-refractivity contribution >= 4 is 17.3 Å². The average Bonchev–Trinajstić information content (AvgIpc) is 3.06. The highest BCUT2D eigenvalue weighted by atomic mass is 19.1. The molecule has 0 unspecified atom stereocenters. The summed E-state index contributed by atoms with van der Waals surface area (Å²) in [6.45, 7) is 1.74. The number of halogens is 1. The zero-order valence-corrected chi connectivity index (χ0v) is 13.5. The monoisotopic (exact) mass is 331 g/mol. The number of aromatic nitrogens is 3. The molecule has 4 aromatic rings. The van der Waals surface area contributed by atoms with Gasteiger partial charge in [-0.1, -0.05) is 12.1 Å². The lowest BCUT2D eigenvalue weighted by Gasteiger charge is -2.10. The van der Waals surface area contributed by atoms with Crippen LogP contribution in [0.5, 0.6) is 0 Å². The Kier molecular flexibility index (Phi) is 3.61. The van der Waals surface area contributed by atoms with Crippen LogP contribution in [-0.4, -0.2) is 21.2 Å². The Balaban J connectivity index is 1.88. The highest BCUT2D eigenvalue weighted by Crippen LogP contribution is 2.32. The van der Waals surface area contributed by atoms with E-state index in [4.69, 9.17) is 0 Å². The Labute approximate surface area is 143 Å². The SMILES string of the molecule is Cc1cc(-c2ncccc2-c2ccc3c(cnn3C=O)c2)ccc1F. The molecule has 0 aliphatic carbocycles. The summed E-state index contributed by atoms with van der Waals surface area (Å²) in [6.07, 6.45) is 4.06. The van der Waals surface area contributed by atoms with Gasteiger partial charge in [-0.25, -0.2) is 9.07 Å². The molecule has 4 rings (SSSR count). The van der Waals surface area contributed by atoms with Gasteiger partial charge in [0, 0.05) is 22.7 Å². The highest BCUT2D eigenvalue weighted by Gasteiger charge is 2.11. The number of benzene rings is 2. The van der Waals surface area contributed by atoms with Crippen LogP contribution in [0.3, 0.4) is 0 Å². The minimum Gasteiger partial charge on any atom is -0.276 e. The second-order valence-corrected chi connectivity index (χ2v) is 5.83. The van der Waals surface area contributed by atoms with Crippen molar-refractivity contribution in [3.8, 4) is 22.4 Å². The number of carbonyl (C=O) groups excluding carboxylic acids is 1. The van der Waals surface area contributed by atoms with Gasteiger partial charge in [0.25, 0.3) is 0 Å². The van der Waals surface area contributed by atoms with Gasteiger partial charge in [-0.3, -0.25) is 9.78 Å². The van der Waals surface area contributed by atoms with E-state index in [1.54, 1.807) is 31.5 Å². The molecule has 0 saturated carbocycles. The normalized spacial score (nSPS) is 11.0. The van der Waals surface area contributed by atoms with Crippen LogP contribution in [0.25, 0.3) is 33.3 Å². The van der Waals surface area contributed by atoms with Gasteiger partial charge < -0.3 is 0 Å². The first-order chi connectivity index (χ1) is 12.2. The van der Waals surface area contributed by atoms with Crippen molar-refractivity contribution in [1.82, 2.24) is 14.8 Å². The van der Waals surface area contributed by atoms with Gasteiger partial charge in [-0.05, 0) is 54.4 Å². The number of pyridine rings is 1. The lowest BCUT2D eigenvalue weighted by Crippen LogP contribution is -1.95. The maximum Gasteiger partial charge on any atom is 0.234 e. The molecule has 2 aromatic carbocycles. The van der Waals surface area contributed by atoms with Gasteiger partial charge in [0.15, 0.2) is 0 Å². The molecular formula is C20H14FN3O. The standard InChI is InChI=1S/C20H14FN3O/c1-13-9-15(4-6-18(13)21)20-17(3-2-8-22-20)14-5-7-19-16(10-14)11-23-24(19)12-25/h2-12H,1H3. The maximum absolute atomic E-state index is 13.6. The summed E-state index contributed by atoms with van der Waals surface area (Å²) >= 11 is 0. The van der Waals surface area contributed by atoms with Crippen molar-refractivity contribution in [2.75, 3.05) is 0 Å². The molecule has 0 spiro atoms. The Morgan fingerprint density at radius 1 is 1.08 bits per heavy atom. The first-order valence-corrected chi connectivity index (χ1v) is 7.82. The van der Waals surface area contributed by atoms with E-state index in [1.165, 1.54) is 10.7 Å². The molecule has 0 radical (unpaired) electrons. The predicted octanol–water partition coefficient (Wildman–Crippen LogP) is 4.25. The third kappa shape index (κ3) is 2.59. The van der Waals surface area contributed by atoms with E-state index in [9.17, 15) is 9.18 Å². The number of aryl methyl sites for hydroxylation is 1. The Morgan fingerprint density at radius 2 is 1.92 bits per heavy atom. The summed E-state index contributed by atoms with van der Waals surface area (Å²) in [5.74, 6) is -0.232. The van der Waals surface area contributed by atoms with Gasteiger partial charge in [-0.15, -0.1) is 0 Å². The molecule has 0 atom stereocenters. The molecule has 0 amide bonds. The Hall–Kier alpha value is -3.34. The number of nitrogens with zero attached hydrogens (tertiary/aromatic N) is 3. The molecule has 122 valence electrons. The summed E-state index contributed by atoms with van der Waals surface area (Å²) in [5, 5.41) is 4.91. The molecule has 0 aliphatic heterocycles. The molecule has 0 N–H and O–H groups in total. The van der Waals surface area contributed by atoms with E-state index < -0.39 is 0 Å². The van der Waals surface area contributed by atoms with Crippen molar-refractivity contribution in [2.24, 2.45) is 0 Å². The van der Waals surface area contributed by atoms with E-state index in [-0.39, 0.29) is 5.82 Å². The number of carbonyl (C=O) groups is 1. The zero-order valence-electron chi connectivity index (χ0n) is 13.5. The van der Waals surface area contributed by atoms with Crippen LogP contribution in [0.2, 0.25) is 0 Å². The second-order valence-electron chi connectivity index (χ2n) is 5.83. The quantitative estimate of drug-likeness (QED) is 0.527. The number of hydrogen-bond donors (Lipinski definition) is 0. The summed E-state index contributed by atoms with van der Waals surface area (Å²) < 4.78 is 14.9. The molecule has 2 heterocycles. The smallest absolute Gasteiger partial charge is 0.234 e. The lowest BCUT2D eigenvalue weighted by atomic mass is 9.97. The van der Waals surface area contributed by atoms with Crippen molar-refractivity contribution < 1.29 is 9.18 Å². The van der Waals surface area contributed by atoms with Crippen LogP contribution in [0.4, 0.5) is 4.39 Å². The minimum absolute atomic E-state index is 0.232. The zero-order chi connectivity index (χ0) is 17.4. The van der Waals surface area contributed by atoms with Gasteiger partial charge in [0.2, 0.25) is 6.41 Å². The number of rotatable bonds is 3. The van der Waals surface area contributed by atoms with Crippen molar-refractivity contribution in [1.29, 1.82) is 0 Å². The first-order valence-electron chi connectivity index (χ1n) is 7.82. The molecule has 0 fully saturated rings. The van der Waals surface area contributed by atoms with E-state index in [0.717, 1.165) is 33.3 Å². The molecular weight excluding hydrogens is 317 g/mol. The third-order valence-corrected chi connectivity index (χ3v) is 4.25. The molecule has 4 nitrogen and oxygen atoms in total. The molecule has 25 heavy (non-hydrogen) atoms. The summed E-state index contributed by atoms with van der Waals surface area (Å²) in [4.78, 5) is 15.5. The average molecular weight is 331 g/mol. The van der Waals surface area contributed by atoms with Crippen molar-refractivity contribution in [3.63, 3.8) is 0 Å². The summed E-state index contributed by atoms with van der Waals surface area (Å²) in [6, 6.07) is 14.6. The second kappa shape index (κ2) is 5.94. The molecule has 5 heteroatoms. The van der Waals surface area contributed by atoms with Gasteiger partial charge in [-0.2, -0.15) is 5.10 Å². The molecule has 2 aromatic heterocycles. The van der Waals surface area contributed by atoms with Crippen LogP contribution >= 0.6 is 0 Å². The van der Waals surface area contributed by atoms with Crippen molar-refractivity contribution in [2.45, 2.75) is 6.92 Å². The summed E-state index contributed by atoms with van der Waals surface area (Å²) in [5.41, 5.74) is 4.88. The van der Waals surface area contributed by atoms with Crippen LogP contribution in [0, 0.1) is 12.7 Å². The van der Waals surface area contributed by atoms with Crippen molar-refractivity contribution in [3.05, 3.63) is 72.3 Å². The van der Waals surface area contributed by atoms with Crippen LogP contribution in [-0.2, 0) is 4.79 Å². The summed E-state index contributed by atoms with van der Waals surface area (Å²) in [7, 11) is 0. The first kappa shape index (κ1) is 15.2.